The third-order valence-electron chi connectivity index (χ3n) is 1.98. The van der Waals surface area contributed by atoms with Crippen LogP contribution in [0.15, 0.2) is 12.4 Å². The number of nitrogens with one attached hydrogen (secondary N) is 1. The summed E-state index contributed by atoms with van der Waals surface area (Å²) in [7, 11) is -0.759. The number of anilines is 1. The number of nitrogens with zero attached hydrogens (tertiary/aromatic N) is 2. The summed E-state index contributed by atoms with van der Waals surface area (Å²) in [6.07, 6.45) is 3.25. The van der Waals surface area contributed by atoms with E-state index in [-0.39, 0.29) is 0 Å². The minimum absolute atomic E-state index is 0.397. The summed E-state index contributed by atoms with van der Waals surface area (Å²) < 4.78 is 10.8. The van der Waals surface area contributed by atoms with Gasteiger partial charge in [-0.2, -0.15) is 0 Å². The van der Waals surface area contributed by atoms with E-state index in [2.05, 4.69) is 29.1 Å². The van der Waals surface area contributed by atoms with Crippen LogP contribution in [0.25, 0.3) is 0 Å². The van der Waals surface area contributed by atoms with Gasteiger partial charge in [-0.05, 0) is 5.92 Å². The van der Waals surface area contributed by atoms with E-state index in [0.29, 0.717) is 18.2 Å². The van der Waals surface area contributed by atoms with Crippen LogP contribution in [0.5, 0.6) is 0 Å². The van der Waals surface area contributed by atoms with Gasteiger partial charge in [0.1, 0.15) is 12.1 Å². The van der Waals surface area contributed by atoms with Crippen molar-refractivity contribution in [1.29, 1.82) is 0 Å². The van der Waals surface area contributed by atoms with Gasteiger partial charge in [0.2, 0.25) is 0 Å². The van der Waals surface area contributed by atoms with Crippen LogP contribution in [0.1, 0.15) is 25.5 Å². The maximum Gasteiger partial charge on any atom is 0.129 e. The molecule has 15 heavy (non-hydrogen) atoms. The molecular weight excluding hydrogens is 210 g/mol. The molecule has 1 unspecified atom stereocenters. The molecule has 0 aliphatic heterocycles. The van der Waals surface area contributed by atoms with E-state index < -0.39 is 10.8 Å². The Hall–Kier alpha value is -0.970. The molecule has 1 atom stereocenters. The van der Waals surface area contributed by atoms with Crippen molar-refractivity contribution in [2.75, 3.05) is 23.9 Å². The van der Waals surface area contributed by atoms with Gasteiger partial charge < -0.3 is 5.32 Å². The number of aromatic nitrogens is 2. The van der Waals surface area contributed by atoms with Gasteiger partial charge in [0.05, 0.1) is 0 Å². The minimum Gasteiger partial charge on any atom is -0.369 e. The quantitative estimate of drug-likeness (QED) is 0.826. The van der Waals surface area contributed by atoms with Crippen molar-refractivity contribution in [2.24, 2.45) is 0 Å². The molecule has 0 aromatic carbocycles. The van der Waals surface area contributed by atoms with Crippen molar-refractivity contribution < 1.29 is 4.21 Å². The first-order valence-electron chi connectivity index (χ1n) is 4.95. The lowest BCUT2D eigenvalue weighted by atomic mass is 10.1. The lowest BCUT2D eigenvalue weighted by molar-refractivity contribution is 0.687. The fraction of sp³-hybridized carbons (Fsp3) is 0.600. The molecule has 0 saturated carbocycles. The summed E-state index contributed by atoms with van der Waals surface area (Å²) in [6.45, 7) is 4.86. The number of hydrogen-bond donors (Lipinski definition) is 1. The summed E-state index contributed by atoms with van der Waals surface area (Å²) in [5, 5.41) is 3.13. The Kier molecular flexibility index (Phi) is 4.68. The average molecular weight is 227 g/mol. The van der Waals surface area contributed by atoms with Crippen molar-refractivity contribution >= 4 is 16.6 Å². The van der Waals surface area contributed by atoms with E-state index in [1.54, 1.807) is 12.6 Å². The van der Waals surface area contributed by atoms with Gasteiger partial charge in [-0.1, -0.05) is 13.8 Å². The minimum atomic E-state index is -0.759. The highest BCUT2D eigenvalue weighted by atomic mass is 32.2. The SMILES string of the molecule is CC(C)c1cc(NCCS(C)=O)ncn1. The summed E-state index contributed by atoms with van der Waals surface area (Å²) in [6, 6.07) is 1.93. The molecule has 1 aromatic rings. The van der Waals surface area contributed by atoms with Gasteiger partial charge in [0, 0.05) is 41.1 Å². The zero-order chi connectivity index (χ0) is 11.3. The highest BCUT2D eigenvalue weighted by Gasteiger charge is 2.02. The molecule has 0 fully saturated rings. The summed E-state index contributed by atoms with van der Waals surface area (Å²) >= 11 is 0. The topological polar surface area (TPSA) is 54.9 Å². The Morgan fingerprint density at radius 2 is 2.20 bits per heavy atom. The first-order valence-corrected chi connectivity index (χ1v) is 6.68. The van der Waals surface area contributed by atoms with Gasteiger partial charge in [0.25, 0.3) is 0 Å². The molecule has 4 nitrogen and oxygen atoms in total. The number of hydrogen-bond acceptors (Lipinski definition) is 4. The fourth-order valence-corrected chi connectivity index (χ4v) is 1.50. The Bertz CT molecular complexity index is 341. The van der Waals surface area contributed by atoms with E-state index in [1.807, 2.05) is 6.07 Å². The number of rotatable bonds is 5. The van der Waals surface area contributed by atoms with Gasteiger partial charge in [-0.25, -0.2) is 9.97 Å². The van der Waals surface area contributed by atoms with E-state index in [9.17, 15) is 4.21 Å². The Morgan fingerprint density at radius 3 is 2.80 bits per heavy atom. The Morgan fingerprint density at radius 1 is 1.47 bits per heavy atom. The molecule has 1 aromatic heterocycles. The standard InChI is InChI=1S/C10H17N3OS/c1-8(2)9-6-10(13-7-12-9)11-4-5-15(3)14/h6-8H,4-5H2,1-3H3,(H,11,12,13). The first kappa shape index (κ1) is 12.1. The smallest absolute Gasteiger partial charge is 0.129 e. The van der Waals surface area contributed by atoms with E-state index in [0.717, 1.165) is 11.5 Å². The van der Waals surface area contributed by atoms with Gasteiger partial charge in [0.15, 0.2) is 0 Å². The monoisotopic (exact) mass is 227 g/mol. The zero-order valence-electron chi connectivity index (χ0n) is 9.36. The van der Waals surface area contributed by atoms with Crippen molar-refractivity contribution in [3.05, 3.63) is 18.1 Å². The summed E-state index contributed by atoms with van der Waals surface area (Å²) in [5.74, 6) is 1.84. The highest BCUT2D eigenvalue weighted by Crippen LogP contribution is 2.13. The molecule has 1 rings (SSSR count). The molecule has 0 saturated heterocycles. The maximum absolute atomic E-state index is 10.8. The van der Waals surface area contributed by atoms with Crippen LogP contribution in [-0.4, -0.2) is 32.7 Å². The molecule has 0 aliphatic carbocycles. The van der Waals surface area contributed by atoms with Crippen LogP contribution in [0.3, 0.4) is 0 Å². The molecule has 0 amide bonds. The third kappa shape index (κ3) is 4.38. The van der Waals surface area contributed by atoms with Crippen LogP contribution in [-0.2, 0) is 10.8 Å². The molecule has 1 heterocycles. The first-order chi connectivity index (χ1) is 7.09. The predicted octanol–water partition coefficient (Wildman–Crippen LogP) is 1.39. The van der Waals surface area contributed by atoms with Gasteiger partial charge in [-0.15, -0.1) is 0 Å². The van der Waals surface area contributed by atoms with Crippen molar-refractivity contribution in [3.8, 4) is 0 Å². The summed E-state index contributed by atoms with van der Waals surface area (Å²) in [4.78, 5) is 8.27. The second kappa shape index (κ2) is 5.80. The van der Waals surface area contributed by atoms with Crippen molar-refractivity contribution in [3.63, 3.8) is 0 Å². The van der Waals surface area contributed by atoms with Gasteiger partial charge in [-0.3, -0.25) is 4.21 Å². The van der Waals surface area contributed by atoms with Crippen molar-refractivity contribution in [2.45, 2.75) is 19.8 Å². The molecule has 5 heteroatoms. The van der Waals surface area contributed by atoms with Crippen LogP contribution in [0.4, 0.5) is 5.82 Å². The Labute approximate surface area is 93.0 Å². The molecule has 0 bridgehead atoms. The molecule has 0 aliphatic rings. The second-order valence-electron chi connectivity index (χ2n) is 3.69. The normalized spacial score (nSPS) is 12.8. The van der Waals surface area contributed by atoms with Crippen LogP contribution >= 0.6 is 0 Å². The van der Waals surface area contributed by atoms with Gasteiger partial charge >= 0.3 is 0 Å². The van der Waals surface area contributed by atoms with E-state index >= 15 is 0 Å². The molecule has 0 radical (unpaired) electrons. The molecule has 1 N–H and O–H groups in total. The molecule has 0 spiro atoms. The zero-order valence-corrected chi connectivity index (χ0v) is 10.2. The van der Waals surface area contributed by atoms with Crippen LogP contribution in [0, 0.1) is 0 Å². The Balaban J connectivity index is 2.54. The average Bonchev–Trinajstić information content (AvgIpc) is 2.17. The lowest BCUT2D eigenvalue weighted by Gasteiger charge is -2.07. The van der Waals surface area contributed by atoms with Crippen LogP contribution < -0.4 is 5.32 Å². The summed E-state index contributed by atoms with van der Waals surface area (Å²) in [5.41, 5.74) is 1.02. The second-order valence-corrected chi connectivity index (χ2v) is 5.24. The predicted molar refractivity (Wildman–Crippen MR) is 63.5 cm³/mol. The molecule has 84 valence electrons. The fourth-order valence-electron chi connectivity index (χ4n) is 1.11. The van der Waals surface area contributed by atoms with E-state index in [4.69, 9.17) is 0 Å². The van der Waals surface area contributed by atoms with Crippen molar-refractivity contribution in [1.82, 2.24) is 9.97 Å². The highest BCUT2D eigenvalue weighted by molar-refractivity contribution is 7.84. The maximum atomic E-state index is 10.8. The van der Waals surface area contributed by atoms with Crippen LogP contribution in [0.2, 0.25) is 0 Å². The lowest BCUT2D eigenvalue weighted by Crippen LogP contribution is -2.11. The molecular formula is C10H17N3OS. The largest absolute Gasteiger partial charge is 0.369 e. The van der Waals surface area contributed by atoms with E-state index in [1.165, 1.54) is 0 Å². The third-order valence-corrected chi connectivity index (χ3v) is 2.75.